The number of imidazole rings is 1. The normalized spacial score (nSPS) is 10.3. The van der Waals surface area contributed by atoms with E-state index in [0.29, 0.717) is 12.2 Å². The molecule has 0 atom stereocenters. The van der Waals surface area contributed by atoms with Crippen LogP contribution in [0.2, 0.25) is 0 Å². The molecule has 0 aliphatic heterocycles. The summed E-state index contributed by atoms with van der Waals surface area (Å²) < 4.78 is 1.83. The number of hydrogen-bond donors (Lipinski definition) is 1. The lowest BCUT2D eigenvalue weighted by Gasteiger charge is -1.96. The van der Waals surface area contributed by atoms with Gasteiger partial charge in [-0.3, -0.25) is 9.20 Å². The van der Waals surface area contributed by atoms with Crippen molar-refractivity contribution in [2.45, 2.75) is 0 Å². The number of amides is 1. The Kier molecular flexibility index (Phi) is 2.32. The van der Waals surface area contributed by atoms with Gasteiger partial charge in [0.05, 0.1) is 0 Å². The molecule has 2 heterocycles. The summed E-state index contributed by atoms with van der Waals surface area (Å²) in [5.74, 6) is -0.166. The molecule has 0 spiro atoms. The van der Waals surface area contributed by atoms with Gasteiger partial charge < -0.3 is 5.32 Å². The van der Waals surface area contributed by atoms with E-state index >= 15 is 0 Å². The van der Waals surface area contributed by atoms with Crippen LogP contribution in [-0.2, 0) is 0 Å². The molecule has 2 aromatic rings. The van der Waals surface area contributed by atoms with Gasteiger partial charge in [-0.25, -0.2) is 4.98 Å². The van der Waals surface area contributed by atoms with Gasteiger partial charge in [-0.2, -0.15) is 0 Å². The number of carbonyl (C=O) groups is 1. The van der Waals surface area contributed by atoms with Crippen molar-refractivity contribution < 1.29 is 4.79 Å². The molecule has 72 valence electrons. The van der Waals surface area contributed by atoms with Gasteiger partial charge in [0.25, 0.3) is 5.91 Å². The predicted molar refractivity (Wildman–Crippen MR) is 55.6 cm³/mol. The molecule has 2 aromatic heterocycles. The van der Waals surface area contributed by atoms with E-state index in [-0.39, 0.29) is 5.91 Å². The smallest absolute Gasteiger partial charge is 0.271 e. The lowest BCUT2D eigenvalue weighted by Crippen LogP contribution is -2.23. The highest BCUT2D eigenvalue weighted by Crippen LogP contribution is 2.10. The summed E-state index contributed by atoms with van der Waals surface area (Å²) in [6.45, 7) is 3.98. The van der Waals surface area contributed by atoms with Gasteiger partial charge in [-0.1, -0.05) is 6.08 Å². The van der Waals surface area contributed by atoms with Gasteiger partial charge in [-0.15, -0.1) is 17.9 Å². The van der Waals surface area contributed by atoms with Crippen molar-refractivity contribution >= 4 is 22.2 Å². The maximum Gasteiger partial charge on any atom is 0.271 e. The van der Waals surface area contributed by atoms with E-state index in [1.807, 2.05) is 16.0 Å². The van der Waals surface area contributed by atoms with Crippen molar-refractivity contribution in [3.63, 3.8) is 0 Å². The minimum Gasteiger partial charge on any atom is -0.347 e. The molecule has 0 aromatic carbocycles. The number of nitrogens with one attached hydrogen (secondary N) is 1. The summed E-state index contributed by atoms with van der Waals surface area (Å²) in [6.07, 6.45) is 5.22. The Morgan fingerprint density at radius 1 is 1.79 bits per heavy atom. The molecule has 0 fully saturated rings. The highest BCUT2D eigenvalue weighted by Gasteiger charge is 2.09. The first kappa shape index (κ1) is 8.96. The van der Waals surface area contributed by atoms with Crippen LogP contribution in [0.4, 0.5) is 0 Å². The molecule has 0 aliphatic carbocycles. The van der Waals surface area contributed by atoms with Crippen LogP contribution in [0.1, 0.15) is 10.5 Å². The summed E-state index contributed by atoms with van der Waals surface area (Å²) in [4.78, 5) is 16.4. The summed E-state index contributed by atoms with van der Waals surface area (Å²) in [7, 11) is 0. The minimum absolute atomic E-state index is 0.166. The molecular weight excluding hydrogens is 198 g/mol. The van der Waals surface area contributed by atoms with Crippen LogP contribution < -0.4 is 5.32 Å². The zero-order chi connectivity index (χ0) is 9.97. The fourth-order valence-corrected chi connectivity index (χ4v) is 1.79. The van der Waals surface area contributed by atoms with Crippen LogP contribution in [0.15, 0.2) is 30.4 Å². The average Bonchev–Trinajstić information content (AvgIpc) is 2.72. The van der Waals surface area contributed by atoms with E-state index in [0.717, 1.165) is 4.96 Å². The fraction of sp³-hybridized carbons (Fsp3) is 0.111. The van der Waals surface area contributed by atoms with Gasteiger partial charge in [-0.05, 0) is 0 Å². The summed E-state index contributed by atoms with van der Waals surface area (Å²) in [5.41, 5.74) is 0.443. The van der Waals surface area contributed by atoms with E-state index in [2.05, 4.69) is 16.9 Å². The number of thiazole rings is 1. The van der Waals surface area contributed by atoms with E-state index in [4.69, 9.17) is 0 Å². The fourth-order valence-electron chi connectivity index (χ4n) is 1.09. The van der Waals surface area contributed by atoms with E-state index < -0.39 is 0 Å². The first-order chi connectivity index (χ1) is 6.81. The minimum atomic E-state index is -0.166. The zero-order valence-electron chi connectivity index (χ0n) is 7.43. The van der Waals surface area contributed by atoms with Crippen LogP contribution in [0.5, 0.6) is 0 Å². The molecule has 0 saturated carbocycles. The maximum absolute atomic E-state index is 11.4. The third-order valence-corrected chi connectivity index (χ3v) is 2.50. The Morgan fingerprint density at radius 3 is 3.36 bits per heavy atom. The summed E-state index contributed by atoms with van der Waals surface area (Å²) in [5, 5.41) is 4.60. The topological polar surface area (TPSA) is 46.4 Å². The van der Waals surface area contributed by atoms with E-state index in [1.165, 1.54) is 11.3 Å². The molecule has 4 nitrogen and oxygen atoms in total. The van der Waals surface area contributed by atoms with E-state index in [1.54, 1.807) is 12.3 Å². The third kappa shape index (κ3) is 1.54. The molecular formula is C9H9N3OS. The second-order valence-electron chi connectivity index (χ2n) is 2.72. The monoisotopic (exact) mass is 207 g/mol. The highest BCUT2D eigenvalue weighted by molar-refractivity contribution is 7.15. The second-order valence-corrected chi connectivity index (χ2v) is 3.59. The van der Waals surface area contributed by atoms with E-state index in [9.17, 15) is 4.79 Å². The number of carbonyl (C=O) groups excluding carboxylic acids is 1. The lowest BCUT2D eigenvalue weighted by molar-refractivity contribution is 0.0953. The van der Waals surface area contributed by atoms with Crippen molar-refractivity contribution in [1.82, 2.24) is 14.7 Å². The Hall–Kier alpha value is -1.62. The van der Waals surface area contributed by atoms with Crippen molar-refractivity contribution in [2.75, 3.05) is 6.54 Å². The van der Waals surface area contributed by atoms with Crippen molar-refractivity contribution in [1.29, 1.82) is 0 Å². The maximum atomic E-state index is 11.4. The summed E-state index contributed by atoms with van der Waals surface area (Å²) in [6, 6.07) is 0. The predicted octanol–water partition coefficient (Wildman–Crippen LogP) is 1.31. The van der Waals surface area contributed by atoms with Gasteiger partial charge in [0.15, 0.2) is 4.96 Å². The number of fused-ring (bicyclic) bond motifs is 1. The average molecular weight is 207 g/mol. The van der Waals surface area contributed by atoms with Crippen LogP contribution in [0, 0.1) is 0 Å². The van der Waals surface area contributed by atoms with Crippen LogP contribution >= 0.6 is 11.3 Å². The van der Waals surface area contributed by atoms with Crippen molar-refractivity contribution in [3.05, 3.63) is 36.1 Å². The third-order valence-electron chi connectivity index (χ3n) is 1.73. The second kappa shape index (κ2) is 3.63. The molecule has 0 saturated heterocycles. The first-order valence-electron chi connectivity index (χ1n) is 4.12. The largest absolute Gasteiger partial charge is 0.347 e. The molecule has 2 rings (SSSR count). The number of hydrogen-bond acceptors (Lipinski definition) is 3. The number of aromatic nitrogens is 2. The Morgan fingerprint density at radius 2 is 2.64 bits per heavy atom. The first-order valence-corrected chi connectivity index (χ1v) is 5.00. The SMILES string of the molecule is C=CCNC(=O)c1cn2ccsc2n1. The van der Waals surface area contributed by atoms with Gasteiger partial charge >= 0.3 is 0 Å². The lowest BCUT2D eigenvalue weighted by atomic mass is 10.4. The van der Waals surface area contributed by atoms with Gasteiger partial charge in [0, 0.05) is 24.3 Å². The quantitative estimate of drug-likeness (QED) is 0.771. The van der Waals surface area contributed by atoms with Gasteiger partial charge in [0.1, 0.15) is 5.69 Å². The Labute approximate surface area is 84.9 Å². The van der Waals surface area contributed by atoms with Crippen LogP contribution in [0.3, 0.4) is 0 Å². The zero-order valence-corrected chi connectivity index (χ0v) is 8.25. The van der Waals surface area contributed by atoms with Crippen molar-refractivity contribution in [2.24, 2.45) is 0 Å². The molecule has 0 radical (unpaired) electrons. The molecule has 0 bridgehead atoms. The summed E-state index contributed by atoms with van der Waals surface area (Å²) >= 11 is 1.50. The van der Waals surface area contributed by atoms with Crippen LogP contribution in [0.25, 0.3) is 4.96 Å². The number of rotatable bonds is 3. The van der Waals surface area contributed by atoms with Crippen molar-refractivity contribution in [3.8, 4) is 0 Å². The highest BCUT2D eigenvalue weighted by atomic mass is 32.1. The van der Waals surface area contributed by atoms with Crippen LogP contribution in [-0.4, -0.2) is 21.8 Å². The molecule has 1 amide bonds. The molecule has 0 unspecified atom stereocenters. The molecule has 0 aliphatic rings. The molecule has 5 heteroatoms. The standard InChI is InChI=1S/C9H9N3OS/c1-2-3-10-8(13)7-6-12-4-5-14-9(12)11-7/h2,4-6H,1,3H2,(H,10,13). The molecule has 14 heavy (non-hydrogen) atoms. The molecule has 1 N–H and O–H groups in total. The Bertz CT molecular complexity index is 443. The Balaban J connectivity index is 2.21. The van der Waals surface area contributed by atoms with Gasteiger partial charge in [0.2, 0.25) is 0 Å². The number of nitrogens with zero attached hydrogens (tertiary/aromatic N) is 2.